The van der Waals surface area contributed by atoms with Crippen molar-refractivity contribution in [3.63, 3.8) is 0 Å². The number of terminal acetylenes is 1. The first-order valence-corrected chi connectivity index (χ1v) is 3.43. The molecule has 1 heterocycles. The van der Waals surface area contributed by atoms with Gasteiger partial charge in [-0.15, -0.1) is 6.42 Å². The van der Waals surface area contributed by atoms with Gasteiger partial charge >= 0.3 is 0 Å². The fourth-order valence-corrected chi connectivity index (χ4v) is 0.849. The number of hydrogen-bond acceptors (Lipinski definition) is 3. The van der Waals surface area contributed by atoms with Gasteiger partial charge in [-0.25, -0.2) is 0 Å². The van der Waals surface area contributed by atoms with Crippen LogP contribution < -0.4 is 5.56 Å². The fraction of sp³-hybridized carbons (Fsp3) is 0.125. The Balaban J connectivity index is 3.20. The van der Waals surface area contributed by atoms with Crippen molar-refractivity contribution in [2.45, 2.75) is 6.54 Å². The first-order valence-electron chi connectivity index (χ1n) is 3.43. The third-order valence-electron chi connectivity index (χ3n) is 1.44. The van der Waals surface area contributed by atoms with Crippen LogP contribution in [0.2, 0.25) is 0 Å². The van der Waals surface area contributed by atoms with Gasteiger partial charge in [-0.3, -0.25) is 19.5 Å². The van der Waals surface area contributed by atoms with E-state index in [4.69, 9.17) is 6.42 Å². The first-order chi connectivity index (χ1) is 6.15. The quantitative estimate of drug-likeness (QED) is 0.374. The summed E-state index contributed by atoms with van der Waals surface area (Å²) in [6.07, 6.45) is 6.10. The molecular formula is C8H6N2O3. The lowest BCUT2D eigenvalue weighted by atomic mass is 10.4. The first kappa shape index (κ1) is 9.00. The van der Waals surface area contributed by atoms with E-state index in [2.05, 4.69) is 5.92 Å². The van der Waals surface area contributed by atoms with E-state index in [1.54, 1.807) is 0 Å². The van der Waals surface area contributed by atoms with Crippen LogP contribution in [0.25, 0.3) is 0 Å². The Hall–Kier alpha value is -2.09. The second kappa shape index (κ2) is 3.54. The molecule has 1 aromatic rings. The summed E-state index contributed by atoms with van der Waals surface area (Å²) in [5.74, 6) is 2.23. The molecule has 0 bridgehead atoms. The molecule has 5 nitrogen and oxygen atoms in total. The van der Waals surface area contributed by atoms with Crippen LogP contribution in [0.1, 0.15) is 0 Å². The highest BCUT2D eigenvalue weighted by atomic mass is 16.6. The minimum atomic E-state index is -0.577. The summed E-state index contributed by atoms with van der Waals surface area (Å²) in [5, 5.41) is 10.3. The molecule has 0 atom stereocenters. The minimum Gasteiger partial charge on any atom is -0.297 e. The lowest BCUT2D eigenvalue weighted by Crippen LogP contribution is -2.17. The van der Waals surface area contributed by atoms with Crippen LogP contribution >= 0.6 is 0 Å². The SMILES string of the molecule is C#CCn1cc([N+](=O)[O-])ccc1=O. The Labute approximate surface area is 73.8 Å². The van der Waals surface area contributed by atoms with Gasteiger partial charge in [0.2, 0.25) is 0 Å². The maximum atomic E-state index is 11.0. The molecule has 0 aromatic carbocycles. The number of pyridine rings is 1. The van der Waals surface area contributed by atoms with Crippen molar-refractivity contribution in [3.8, 4) is 12.3 Å². The Bertz CT molecular complexity index is 428. The Morgan fingerprint density at radius 2 is 2.31 bits per heavy atom. The van der Waals surface area contributed by atoms with Gasteiger partial charge in [0.15, 0.2) is 0 Å². The maximum Gasteiger partial charge on any atom is 0.285 e. The molecule has 66 valence electrons. The molecular weight excluding hydrogens is 172 g/mol. The smallest absolute Gasteiger partial charge is 0.285 e. The molecule has 0 spiro atoms. The van der Waals surface area contributed by atoms with Crippen LogP contribution in [0, 0.1) is 22.5 Å². The Kier molecular flexibility index (Phi) is 2.45. The summed E-state index contributed by atoms with van der Waals surface area (Å²) >= 11 is 0. The van der Waals surface area contributed by atoms with E-state index < -0.39 is 4.92 Å². The zero-order valence-electron chi connectivity index (χ0n) is 6.64. The highest BCUT2D eigenvalue weighted by Crippen LogP contribution is 2.05. The fourth-order valence-electron chi connectivity index (χ4n) is 0.849. The van der Waals surface area contributed by atoms with E-state index in [1.807, 2.05) is 0 Å². The summed E-state index contributed by atoms with van der Waals surface area (Å²) in [6, 6.07) is 2.27. The Morgan fingerprint density at radius 1 is 1.62 bits per heavy atom. The van der Waals surface area contributed by atoms with Crippen LogP contribution in [0.15, 0.2) is 23.1 Å². The van der Waals surface area contributed by atoms with Gasteiger partial charge in [0.25, 0.3) is 11.2 Å². The van der Waals surface area contributed by atoms with Crippen molar-refractivity contribution in [3.05, 3.63) is 38.8 Å². The standard InChI is InChI=1S/C8H6N2O3/c1-2-5-9-6-7(10(12)13)3-4-8(9)11/h1,3-4,6H,5H2. The molecule has 0 fully saturated rings. The van der Waals surface area contributed by atoms with Crippen molar-refractivity contribution in [1.29, 1.82) is 0 Å². The van der Waals surface area contributed by atoms with Gasteiger partial charge in [-0.05, 0) is 0 Å². The van der Waals surface area contributed by atoms with E-state index in [1.165, 1.54) is 0 Å². The van der Waals surface area contributed by atoms with E-state index in [0.29, 0.717) is 0 Å². The van der Waals surface area contributed by atoms with Crippen LogP contribution in [0.5, 0.6) is 0 Å². The van der Waals surface area contributed by atoms with E-state index in [0.717, 1.165) is 22.9 Å². The topological polar surface area (TPSA) is 65.1 Å². The molecule has 1 rings (SSSR count). The van der Waals surface area contributed by atoms with Crippen LogP contribution in [0.4, 0.5) is 5.69 Å². The zero-order valence-corrected chi connectivity index (χ0v) is 6.64. The van der Waals surface area contributed by atoms with Crippen molar-refractivity contribution in [2.24, 2.45) is 0 Å². The lowest BCUT2D eigenvalue weighted by molar-refractivity contribution is -0.385. The molecule has 0 saturated heterocycles. The minimum absolute atomic E-state index is 0.0422. The highest BCUT2D eigenvalue weighted by molar-refractivity contribution is 5.25. The number of nitrogens with zero attached hydrogens (tertiary/aromatic N) is 2. The monoisotopic (exact) mass is 178 g/mol. The van der Waals surface area contributed by atoms with Crippen LogP contribution in [-0.2, 0) is 6.54 Å². The number of rotatable bonds is 2. The molecule has 0 amide bonds. The largest absolute Gasteiger partial charge is 0.297 e. The zero-order chi connectivity index (χ0) is 9.84. The summed E-state index contributed by atoms with van der Waals surface area (Å²) in [7, 11) is 0. The summed E-state index contributed by atoms with van der Waals surface area (Å²) in [6.45, 7) is 0.0422. The average Bonchev–Trinajstić information content (AvgIpc) is 2.08. The molecule has 0 unspecified atom stereocenters. The van der Waals surface area contributed by atoms with Gasteiger partial charge in [0.1, 0.15) is 0 Å². The van der Waals surface area contributed by atoms with Gasteiger partial charge in [0.05, 0.1) is 17.7 Å². The second-order valence-corrected chi connectivity index (χ2v) is 2.31. The molecule has 0 radical (unpaired) electrons. The van der Waals surface area contributed by atoms with E-state index in [-0.39, 0.29) is 17.8 Å². The molecule has 5 heteroatoms. The van der Waals surface area contributed by atoms with Gasteiger partial charge < -0.3 is 0 Å². The molecule has 13 heavy (non-hydrogen) atoms. The second-order valence-electron chi connectivity index (χ2n) is 2.31. The van der Waals surface area contributed by atoms with E-state index >= 15 is 0 Å². The third kappa shape index (κ3) is 1.93. The molecule has 0 aliphatic heterocycles. The summed E-state index contributed by atoms with van der Waals surface area (Å²) in [4.78, 5) is 20.8. The number of nitro groups is 1. The van der Waals surface area contributed by atoms with E-state index in [9.17, 15) is 14.9 Å². The summed E-state index contributed by atoms with van der Waals surface area (Å²) in [5.41, 5.74) is -0.488. The van der Waals surface area contributed by atoms with Gasteiger partial charge in [0, 0.05) is 12.1 Å². The number of aromatic nitrogens is 1. The van der Waals surface area contributed by atoms with Gasteiger partial charge in [-0.2, -0.15) is 0 Å². The van der Waals surface area contributed by atoms with Crippen LogP contribution in [-0.4, -0.2) is 9.49 Å². The van der Waals surface area contributed by atoms with Crippen LogP contribution in [0.3, 0.4) is 0 Å². The Morgan fingerprint density at radius 3 is 2.85 bits per heavy atom. The molecule has 1 aromatic heterocycles. The van der Waals surface area contributed by atoms with Crippen molar-refractivity contribution in [1.82, 2.24) is 4.57 Å². The predicted molar refractivity (Wildman–Crippen MR) is 46.2 cm³/mol. The summed E-state index contributed by atoms with van der Waals surface area (Å²) < 4.78 is 1.11. The predicted octanol–water partition coefficient (Wildman–Crippen LogP) is 0.390. The highest BCUT2D eigenvalue weighted by Gasteiger charge is 2.06. The molecule has 0 saturated carbocycles. The molecule has 0 N–H and O–H groups in total. The van der Waals surface area contributed by atoms with Gasteiger partial charge in [-0.1, -0.05) is 5.92 Å². The third-order valence-corrected chi connectivity index (χ3v) is 1.44. The molecule has 0 aliphatic carbocycles. The average molecular weight is 178 g/mol. The van der Waals surface area contributed by atoms with Crippen molar-refractivity contribution in [2.75, 3.05) is 0 Å². The van der Waals surface area contributed by atoms with Crippen molar-refractivity contribution < 1.29 is 4.92 Å². The number of hydrogen-bond donors (Lipinski definition) is 0. The van der Waals surface area contributed by atoms with Crippen molar-refractivity contribution >= 4 is 5.69 Å². The lowest BCUT2D eigenvalue weighted by Gasteiger charge is -1.98. The normalized spacial score (nSPS) is 9.15. The molecule has 0 aliphatic rings. The maximum absolute atomic E-state index is 11.0.